The van der Waals surface area contributed by atoms with Crippen LogP contribution in [0.5, 0.6) is 0 Å². The fraction of sp³-hybridized carbons (Fsp3) is 0.333. The van der Waals surface area contributed by atoms with Gasteiger partial charge in [0.15, 0.2) is 6.10 Å². The van der Waals surface area contributed by atoms with E-state index >= 15 is 0 Å². The van der Waals surface area contributed by atoms with Crippen molar-refractivity contribution in [1.29, 1.82) is 5.26 Å². The molecular weight excluding hydrogens is 386 g/mol. The van der Waals surface area contributed by atoms with Crippen molar-refractivity contribution in [1.82, 2.24) is 0 Å². The summed E-state index contributed by atoms with van der Waals surface area (Å²) < 4.78 is 5.06. The van der Waals surface area contributed by atoms with Gasteiger partial charge in [-0.1, -0.05) is 6.92 Å². The normalized spacial score (nSPS) is 12.7. The summed E-state index contributed by atoms with van der Waals surface area (Å²) in [5.74, 6) is -0.793. The van der Waals surface area contributed by atoms with E-state index in [-0.39, 0.29) is 11.6 Å². The maximum Gasteiger partial charge on any atom is 0.311 e. The maximum absolute atomic E-state index is 12.1. The molecule has 0 spiro atoms. The van der Waals surface area contributed by atoms with Gasteiger partial charge in [-0.3, -0.25) is 14.9 Å². The fourth-order valence-corrected chi connectivity index (χ4v) is 2.63. The van der Waals surface area contributed by atoms with Crippen LogP contribution >= 0.6 is 0 Å². The predicted molar refractivity (Wildman–Crippen MR) is 112 cm³/mol. The van der Waals surface area contributed by atoms with Crippen molar-refractivity contribution in [2.45, 2.75) is 26.9 Å². The number of ether oxygens (including phenoxy) is 1. The van der Waals surface area contributed by atoms with Crippen molar-refractivity contribution in [2.75, 3.05) is 18.0 Å². The number of hydrogen-bond donors (Lipinski definition) is 0. The molecule has 9 heteroatoms. The summed E-state index contributed by atoms with van der Waals surface area (Å²) in [6.07, 6.45) is -0.768. The first kappa shape index (κ1) is 22.5. The third-order valence-corrected chi connectivity index (χ3v) is 4.31. The van der Waals surface area contributed by atoms with E-state index in [9.17, 15) is 14.9 Å². The molecule has 0 aliphatic heterocycles. The molecule has 2 aromatic carbocycles. The molecule has 2 atom stereocenters. The molecule has 0 heterocycles. The van der Waals surface area contributed by atoms with Crippen LogP contribution in [0.4, 0.5) is 22.7 Å². The highest BCUT2D eigenvalue weighted by Gasteiger charge is 2.20. The zero-order chi connectivity index (χ0) is 22.1. The predicted octanol–water partition coefficient (Wildman–Crippen LogP) is 4.93. The summed E-state index contributed by atoms with van der Waals surface area (Å²) in [4.78, 5) is 24.3. The molecule has 0 radical (unpaired) electrons. The van der Waals surface area contributed by atoms with Crippen molar-refractivity contribution >= 4 is 28.7 Å². The molecule has 2 aromatic rings. The van der Waals surface area contributed by atoms with E-state index in [1.165, 1.54) is 31.2 Å². The summed E-state index contributed by atoms with van der Waals surface area (Å²) in [6.45, 7) is 6.43. The van der Waals surface area contributed by atoms with E-state index < -0.39 is 17.0 Å². The third-order valence-electron chi connectivity index (χ3n) is 4.31. The zero-order valence-corrected chi connectivity index (χ0v) is 17.1. The topological polar surface area (TPSA) is 121 Å². The number of esters is 1. The van der Waals surface area contributed by atoms with Gasteiger partial charge >= 0.3 is 5.97 Å². The Morgan fingerprint density at radius 2 is 1.67 bits per heavy atom. The first-order valence-corrected chi connectivity index (χ1v) is 9.45. The minimum atomic E-state index is -0.768. The number of nitriles is 1. The number of carbonyl (C=O) groups is 1. The number of nitro benzene ring substituents is 1. The average Bonchev–Trinajstić information content (AvgIpc) is 2.76. The number of benzene rings is 2. The maximum atomic E-state index is 12.1. The van der Waals surface area contributed by atoms with Crippen LogP contribution in [0.1, 0.15) is 20.8 Å². The van der Waals surface area contributed by atoms with Crippen LogP contribution in [0, 0.1) is 27.4 Å². The highest BCUT2D eigenvalue weighted by molar-refractivity contribution is 5.73. The standard InChI is InChI=1S/C21H23N5O4/c1-4-25(14-15(2)21(27)30-16(3)13-22)19-9-5-17(6-10-19)23-24-18-7-11-20(12-8-18)26(28)29/h5-12,15-16H,4,14H2,1-3H3. The zero-order valence-electron chi connectivity index (χ0n) is 17.1. The molecule has 0 amide bonds. The average molecular weight is 409 g/mol. The second kappa shape index (κ2) is 10.7. The molecule has 0 aliphatic rings. The summed E-state index contributed by atoms with van der Waals surface area (Å²) >= 11 is 0. The molecule has 30 heavy (non-hydrogen) atoms. The molecule has 2 unspecified atom stereocenters. The van der Waals surface area contributed by atoms with Gasteiger partial charge in [0.2, 0.25) is 0 Å². The Bertz CT molecular complexity index is 935. The molecule has 0 bridgehead atoms. The second-order valence-corrected chi connectivity index (χ2v) is 6.64. The molecule has 0 saturated heterocycles. The van der Waals surface area contributed by atoms with Crippen LogP contribution in [0.3, 0.4) is 0 Å². The first-order valence-electron chi connectivity index (χ1n) is 9.45. The van der Waals surface area contributed by atoms with Gasteiger partial charge in [0.05, 0.1) is 22.2 Å². The number of nitrogens with zero attached hydrogens (tertiary/aromatic N) is 5. The van der Waals surface area contributed by atoms with E-state index in [2.05, 4.69) is 10.2 Å². The Kier molecular flexibility index (Phi) is 7.99. The van der Waals surface area contributed by atoms with E-state index in [1.807, 2.05) is 30.0 Å². The van der Waals surface area contributed by atoms with Gasteiger partial charge in [0.25, 0.3) is 5.69 Å². The summed E-state index contributed by atoms with van der Waals surface area (Å²) in [7, 11) is 0. The largest absolute Gasteiger partial charge is 0.447 e. The molecule has 0 N–H and O–H groups in total. The lowest BCUT2D eigenvalue weighted by atomic mass is 10.1. The number of nitro groups is 1. The van der Waals surface area contributed by atoms with Gasteiger partial charge in [0.1, 0.15) is 6.07 Å². The molecule has 156 valence electrons. The van der Waals surface area contributed by atoms with Gasteiger partial charge in [-0.05, 0) is 50.2 Å². The van der Waals surface area contributed by atoms with Gasteiger partial charge in [-0.15, -0.1) is 0 Å². The summed E-state index contributed by atoms with van der Waals surface area (Å²) in [5, 5.41) is 27.7. The lowest BCUT2D eigenvalue weighted by molar-refractivity contribution is -0.384. The van der Waals surface area contributed by atoms with Crippen molar-refractivity contribution in [3.05, 3.63) is 58.6 Å². The van der Waals surface area contributed by atoms with Gasteiger partial charge < -0.3 is 9.64 Å². The Morgan fingerprint density at radius 1 is 1.13 bits per heavy atom. The number of hydrogen-bond acceptors (Lipinski definition) is 8. The van der Waals surface area contributed by atoms with Crippen molar-refractivity contribution in [2.24, 2.45) is 16.1 Å². The fourth-order valence-electron chi connectivity index (χ4n) is 2.63. The van der Waals surface area contributed by atoms with Crippen LogP contribution in [0.25, 0.3) is 0 Å². The minimum Gasteiger partial charge on any atom is -0.447 e. The van der Waals surface area contributed by atoms with Gasteiger partial charge in [0, 0.05) is 30.9 Å². The highest BCUT2D eigenvalue weighted by atomic mass is 16.6. The molecule has 0 aromatic heterocycles. The Morgan fingerprint density at radius 3 is 2.13 bits per heavy atom. The van der Waals surface area contributed by atoms with E-state index in [0.717, 1.165) is 5.69 Å². The first-order chi connectivity index (χ1) is 14.3. The molecule has 0 fully saturated rings. The van der Waals surface area contributed by atoms with Crippen molar-refractivity contribution in [3.8, 4) is 6.07 Å². The van der Waals surface area contributed by atoms with E-state index in [1.54, 1.807) is 19.1 Å². The van der Waals surface area contributed by atoms with Gasteiger partial charge in [-0.25, -0.2) is 0 Å². The Balaban J connectivity index is 2.01. The molecule has 9 nitrogen and oxygen atoms in total. The Hall–Kier alpha value is -3.80. The lowest BCUT2D eigenvalue weighted by Gasteiger charge is -2.26. The number of carbonyl (C=O) groups excluding carboxylic acids is 1. The SMILES string of the molecule is CCN(CC(C)C(=O)OC(C)C#N)c1ccc(N=Nc2ccc([N+](=O)[O-])cc2)cc1. The summed E-state index contributed by atoms with van der Waals surface area (Å²) in [6, 6.07) is 15.0. The van der Waals surface area contributed by atoms with E-state index in [4.69, 9.17) is 10.00 Å². The number of rotatable bonds is 9. The molecule has 0 saturated carbocycles. The molecule has 2 rings (SSSR count). The Labute approximate surface area is 174 Å². The summed E-state index contributed by atoms with van der Waals surface area (Å²) in [5.41, 5.74) is 2.06. The number of anilines is 1. The van der Waals surface area contributed by atoms with Crippen LogP contribution in [-0.2, 0) is 9.53 Å². The van der Waals surface area contributed by atoms with Crippen LogP contribution in [-0.4, -0.2) is 30.1 Å². The molecular formula is C21H23N5O4. The van der Waals surface area contributed by atoms with Gasteiger partial charge in [-0.2, -0.15) is 15.5 Å². The lowest BCUT2D eigenvalue weighted by Crippen LogP contribution is -2.33. The second-order valence-electron chi connectivity index (χ2n) is 6.64. The molecule has 0 aliphatic carbocycles. The van der Waals surface area contributed by atoms with Crippen molar-refractivity contribution in [3.63, 3.8) is 0 Å². The monoisotopic (exact) mass is 409 g/mol. The number of non-ortho nitro benzene ring substituents is 1. The number of azo groups is 1. The third kappa shape index (κ3) is 6.38. The quantitative estimate of drug-likeness (QED) is 0.250. The van der Waals surface area contributed by atoms with Crippen LogP contribution in [0.2, 0.25) is 0 Å². The minimum absolute atomic E-state index is 0.00171. The van der Waals surface area contributed by atoms with Crippen molar-refractivity contribution < 1.29 is 14.5 Å². The smallest absolute Gasteiger partial charge is 0.311 e. The van der Waals surface area contributed by atoms with Crippen LogP contribution in [0.15, 0.2) is 58.8 Å². The van der Waals surface area contributed by atoms with Crippen LogP contribution < -0.4 is 4.90 Å². The highest BCUT2D eigenvalue weighted by Crippen LogP contribution is 2.24. The van der Waals surface area contributed by atoms with E-state index in [0.29, 0.717) is 24.5 Å².